The second-order valence-electron chi connectivity index (χ2n) is 13.5. The van der Waals surface area contributed by atoms with Gasteiger partial charge in [0.2, 0.25) is 0 Å². The summed E-state index contributed by atoms with van der Waals surface area (Å²) in [6.07, 6.45) is 10.9. The van der Waals surface area contributed by atoms with Crippen LogP contribution < -0.4 is 4.74 Å². The van der Waals surface area contributed by atoms with Crippen LogP contribution in [-0.2, 0) is 43.3 Å². The minimum atomic E-state index is -0.350. The van der Waals surface area contributed by atoms with Gasteiger partial charge < -0.3 is 9.84 Å². The average molecular weight is 728 g/mol. The van der Waals surface area contributed by atoms with Gasteiger partial charge in [-0.1, -0.05) is 55.4 Å². The van der Waals surface area contributed by atoms with Crippen LogP contribution in [0.25, 0.3) is 10.4 Å². The molecule has 4 aromatic rings. The molecule has 2 aliphatic carbocycles. The molecule has 0 fully saturated rings. The maximum absolute atomic E-state index is 12.0. The number of azide groups is 1. The molecule has 2 aliphatic rings. The Hall–Kier alpha value is -3.66. The Labute approximate surface area is 311 Å². The fourth-order valence-corrected chi connectivity index (χ4v) is 8.94. The lowest BCUT2D eigenvalue weighted by Crippen LogP contribution is -2.41. The number of fused-ring (bicyclic) bond motifs is 2. The van der Waals surface area contributed by atoms with Crippen molar-refractivity contribution in [3.63, 3.8) is 0 Å². The molecule has 2 heterocycles. The van der Waals surface area contributed by atoms with Crippen LogP contribution in [0, 0.1) is 0 Å². The van der Waals surface area contributed by atoms with E-state index >= 15 is 0 Å². The highest BCUT2D eigenvalue weighted by Crippen LogP contribution is 2.33. The van der Waals surface area contributed by atoms with E-state index in [0.29, 0.717) is 23.6 Å². The van der Waals surface area contributed by atoms with Gasteiger partial charge in [0.25, 0.3) is 0 Å². The van der Waals surface area contributed by atoms with Crippen molar-refractivity contribution in [1.82, 2.24) is 9.80 Å². The number of phenols is 1. The van der Waals surface area contributed by atoms with E-state index in [0.717, 1.165) is 83.0 Å². The summed E-state index contributed by atoms with van der Waals surface area (Å²) in [6, 6.07) is 21.8. The molecule has 2 aromatic heterocycles. The van der Waals surface area contributed by atoms with E-state index in [2.05, 4.69) is 80.8 Å². The number of phenolic OH excluding ortho intramolecular Hbond substituents is 1. The van der Waals surface area contributed by atoms with Crippen molar-refractivity contribution in [1.29, 1.82) is 0 Å². The molecule has 0 unspecified atom stereocenters. The lowest BCUT2D eigenvalue weighted by Gasteiger charge is -2.35. The standard InChI is InChI=1S/C22H28N4O2S.C19H25NOS/c1-2-13-26(14-11-19-6-4-15-29-19)18-8-9-20-17(16-18)5-3-7-21(20)28-22(27)10-12-24-25-23;1-2-11-20(12-10-17-6-4-13-22-17)16-8-9-18-15(14-16)5-3-7-19(18)21/h3-7,15,18H,2,8-14,16H2,1H3;3-7,13,16,21H,2,8-12,14H2,1H3/t18-;16-/m00/s1. The van der Waals surface area contributed by atoms with Gasteiger partial charge in [0.15, 0.2) is 0 Å². The topological polar surface area (TPSA) is 102 Å². The zero-order chi connectivity index (χ0) is 35.8. The molecule has 0 amide bonds. The molecule has 0 saturated heterocycles. The van der Waals surface area contributed by atoms with Gasteiger partial charge in [-0.15, -0.1) is 22.7 Å². The minimum Gasteiger partial charge on any atom is -0.508 e. The van der Waals surface area contributed by atoms with Gasteiger partial charge >= 0.3 is 5.97 Å². The molecule has 2 aromatic carbocycles. The summed E-state index contributed by atoms with van der Waals surface area (Å²) in [5, 5.41) is 17.7. The highest BCUT2D eigenvalue weighted by Gasteiger charge is 2.27. The Kier molecular flexibility index (Phi) is 15.4. The third-order valence-corrected chi connectivity index (χ3v) is 11.9. The number of carbonyl (C=O) groups excluding carboxylic acids is 1. The van der Waals surface area contributed by atoms with Crippen molar-refractivity contribution in [2.75, 3.05) is 32.7 Å². The van der Waals surface area contributed by atoms with Crippen LogP contribution in [0.4, 0.5) is 0 Å². The first-order chi connectivity index (χ1) is 25.0. The van der Waals surface area contributed by atoms with Crippen molar-refractivity contribution >= 4 is 28.6 Å². The van der Waals surface area contributed by atoms with Crippen molar-refractivity contribution in [3.8, 4) is 11.5 Å². The van der Waals surface area contributed by atoms with Gasteiger partial charge in [-0.25, -0.2) is 0 Å². The maximum atomic E-state index is 12.0. The third kappa shape index (κ3) is 11.4. The fraction of sp³-hybridized carbons (Fsp3) is 0.488. The van der Waals surface area contributed by atoms with Crippen LogP contribution in [0.1, 0.15) is 78.0 Å². The molecule has 0 radical (unpaired) electrons. The number of thiophene rings is 2. The van der Waals surface area contributed by atoms with Gasteiger partial charge in [-0.2, -0.15) is 0 Å². The van der Waals surface area contributed by atoms with Crippen LogP contribution in [0.5, 0.6) is 11.5 Å². The first kappa shape index (κ1) is 38.6. The molecular weight excluding hydrogens is 675 g/mol. The van der Waals surface area contributed by atoms with Crippen LogP contribution in [0.3, 0.4) is 0 Å². The maximum Gasteiger partial charge on any atom is 0.311 e. The van der Waals surface area contributed by atoms with E-state index in [4.69, 9.17) is 10.3 Å². The Morgan fingerprint density at radius 1 is 0.824 bits per heavy atom. The molecule has 1 N–H and O–H groups in total. The van der Waals surface area contributed by atoms with Crippen molar-refractivity contribution in [2.24, 2.45) is 5.11 Å². The molecule has 0 spiro atoms. The lowest BCUT2D eigenvalue weighted by molar-refractivity contribution is -0.134. The summed E-state index contributed by atoms with van der Waals surface area (Å²) in [7, 11) is 0. The third-order valence-electron chi connectivity index (χ3n) is 10.1. The predicted molar refractivity (Wildman–Crippen MR) is 210 cm³/mol. The van der Waals surface area contributed by atoms with Crippen LogP contribution in [0.15, 0.2) is 76.5 Å². The molecule has 51 heavy (non-hydrogen) atoms. The van der Waals surface area contributed by atoms with E-state index < -0.39 is 0 Å². The molecule has 0 aliphatic heterocycles. The van der Waals surface area contributed by atoms with Crippen LogP contribution in [-0.4, -0.2) is 65.7 Å². The number of carbonyl (C=O) groups is 1. The lowest BCUT2D eigenvalue weighted by atomic mass is 9.86. The highest BCUT2D eigenvalue weighted by atomic mass is 32.1. The molecular formula is C41H53N5O3S2. The van der Waals surface area contributed by atoms with Crippen molar-refractivity contribution in [3.05, 3.63) is 114 Å². The number of hydrogen-bond acceptors (Lipinski definition) is 8. The smallest absolute Gasteiger partial charge is 0.311 e. The van der Waals surface area contributed by atoms with E-state index in [1.165, 1.54) is 39.4 Å². The predicted octanol–water partition coefficient (Wildman–Crippen LogP) is 9.43. The number of aromatic hydroxyl groups is 1. The molecule has 8 nitrogen and oxygen atoms in total. The Bertz CT molecular complexity index is 1690. The fourth-order valence-electron chi connectivity index (χ4n) is 7.55. The summed E-state index contributed by atoms with van der Waals surface area (Å²) >= 11 is 3.69. The Balaban J connectivity index is 0.000000205. The largest absolute Gasteiger partial charge is 0.508 e. The number of benzene rings is 2. The molecule has 10 heteroatoms. The van der Waals surface area contributed by atoms with Gasteiger partial charge in [0.1, 0.15) is 11.5 Å². The second kappa shape index (κ2) is 20.4. The summed E-state index contributed by atoms with van der Waals surface area (Å²) in [6.45, 7) is 9.14. The Morgan fingerprint density at radius 2 is 1.39 bits per heavy atom. The zero-order valence-electron chi connectivity index (χ0n) is 30.2. The molecule has 272 valence electrons. The molecule has 0 saturated carbocycles. The normalized spacial score (nSPS) is 16.5. The Morgan fingerprint density at radius 3 is 1.94 bits per heavy atom. The number of rotatable bonds is 16. The highest BCUT2D eigenvalue weighted by molar-refractivity contribution is 7.10. The summed E-state index contributed by atoms with van der Waals surface area (Å²) in [5.41, 5.74) is 13.3. The SMILES string of the molecule is CCCN(CCc1cccs1)[C@H]1CCc2c(O)cccc2C1.CCCN(CCc1cccs1)[C@H]1CCc2c(cccc2OC(=O)CCN=[N+]=[N-])C1. The van der Waals surface area contributed by atoms with Gasteiger partial charge in [-0.05, 0) is 140 Å². The van der Waals surface area contributed by atoms with E-state index in [-0.39, 0.29) is 18.9 Å². The van der Waals surface area contributed by atoms with Gasteiger partial charge in [0, 0.05) is 46.4 Å². The van der Waals surface area contributed by atoms with E-state index in [1.54, 1.807) is 0 Å². The summed E-state index contributed by atoms with van der Waals surface area (Å²) in [5.74, 6) is 0.792. The monoisotopic (exact) mass is 727 g/mol. The molecule has 6 rings (SSSR count). The average Bonchev–Trinajstić information content (AvgIpc) is 3.87. The van der Waals surface area contributed by atoms with E-state index in [1.807, 2.05) is 46.9 Å². The molecule has 0 bridgehead atoms. The first-order valence-corrected chi connectivity index (χ1v) is 20.4. The van der Waals surface area contributed by atoms with Crippen molar-refractivity contribution in [2.45, 2.75) is 96.6 Å². The van der Waals surface area contributed by atoms with E-state index in [9.17, 15) is 9.90 Å². The summed E-state index contributed by atoms with van der Waals surface area (Å²) < 4.78 is 5.56. The number of esters is 1. The number of nitrogens with zero attached hydrogens (tertiary/aromatic N) is 5. The first-order valence-electron chi connectivity index (χ1n) is 18.6. The molecule has 2 atom stereocenters. The van der Waals surface area contributed by atoms with Crippen molar-refractivity contribution < 1.29 is 14.6 Å². The quantitative estimate of drug-likeness (QED) is 0.0408. The minimum absolute atomic E-state index is 0.101. The van der Waals surface area contributed by atoms with Gasteiger partial charge in [0.05, 0.1) is 6.42 Å². The second-order valence-corrected chi connectivity index (χ2v) is 15.6. The zero-order valence-corrected chi connectivity index (χ0v) is 31.8. The van der Waals surface area contributed by atoms with Crippen LogP contribution >= 0.6 is 22.7 Å². The van der Waals surface area contributed by atoms with Gasteiger partial charge in [-0.3, -0.25) is 14.6 Å². The number of ether oxygens (including phenoxy) is 1. The number of hydrogen-bond donors (Lipinski definition) is 1. The summed E-state index contributed by atoms with van der Waals surface area (Å²) in [4.78, 5) is 22.9. The van der Waals surface area contributed by atoms with Crippen LogP contribution in [0.2, 0.25) is 0 Å².